The zero-order valence-corrected chi connectivity index (χ0v) is 11.9. The van der Waals surface area contributed by atoms with Crippen LogP contribution in [-0.4, -0.2) is 30.2 Å². The Kier molecular flexibility index (Phi) is 5.60. The summed E-state index contributed by atoms with van der Waals surface area (Å²) >= 11 is 0. The first-order chi connectivity index (χ1) is 8.34. The average Bonchev–Trinajstić information content (AvgIpc) is 2.72. The number of nitrogens with two attached hydrogens (primary N) is 1. The van der Waals surface area contributed by atoms with Crippen LogP contribution in [0.2, 0.25) is 0 Å². The molecule has 1 fully saturated rings. The van der Waals surface area contributed by atoms with Gasteiger partial charge < -0.3 is 16.2 Å². The van der Waals surface area contributed by atoms with E-state index in [2.05, 4.69) is 5.32 Å². The van der Waals surface area contributed by atoms with Gasteiger partial charge in [0.05, 0.1) is 0 Å². The minimum Gasteiger partial charge on any atom is -0.396 e. The largest absolute Gasteiger partial charge is 0.396 e. The van der Waals surface area contributed by atoms with Crippen LogP contribution in [0.15, 0.2) is 0 Å². The SMILES string of the molecule is CC(C)(C)C(N)CC(=O)NCC1CCCC1CO. The molecule has 0 aromatic carbocycles. The van der Waals surface area contributed by atoms with Crippen molar-refractivity contribution in [2.75, 3.05) is 13.2 Å². The Bertz CT molecular complexity index is 273. The highest BCUT2D eigenvalue weighted by atomic mass is 16.3. The Morgan fingerprint density at radius 1 is 1.39 bits per heavy atom. The van der Waals surface area contributed by atoms with Gasteiger partial charge in [0.15, 0.2) is 0 Å². The second-order valence-electron chi connectivity index (χ2n) is 6.61. The molecule has 0 aromatic heterocycles. The van der Waals surface area contributed by atoms with Gasteiger partial charge in [0, 0.05) is 25.6 Å². The molecule has 0 spiro atoms. The van der Waals surface area contributed by atoms with E-state index >= 15 is 0 Å². The van der Waals surface area contributed by atoms with E-state index in [1.165, 1.54) is 0 Å². The Morgan fingerprint density at radius 3 is 2.56 bits per heavy atom. The lowest BCUT2D eigenvalue weighted by atomic mass is 9.85. The molecule has 4 heteroatoms. The number of amides is 1. The van der Waals surface area contributed by atoms with Crippen LogP contribution in [0, 0.1) is 17.3 Å². The number of hydrogen-bond donors (Lipinski definition) is 3. The number of carbonyl (C=O) groups is 1. The summed E-state index contributed by atoms with van der Waals surface area (Å²) in [6, 6.07) is -0.116. The summed E-state index contributed by atoms with van der Waals surface area (Å²) < 4.78 is 0. The second kappa shape index (κ2) is 6.53. The summed E-state index contributed by atoms with van der Waals surface area (Å²) in [4.78, 5) is 11.8. The summed E-state index contributed by atoms with van der Waals surface area (Å²) in [6.45, 7) is 7.06. The van der Waals surface area contributed by atoms with Gasteiger partial charge in [-0.25, -0.2) is 0 Å². The Hall–Kier alpha value is -0.610. The first kappa shape index (κ1) is 15.4. The number of hydrogen-bond acceptors (Lipinski definition) is 3. The predicted octanol–water partition coefficient (Wildman–Crippen LogP) is 1.27. The molecule has 0 saturated heterocycles. The molecule has 18 heavy (non-hydrogen) atoms. The number of carbonyl (C=O) groups excluding carboxylic acids is 1. The monoisotopic (exact) mass is 256 g/mol. The van der Waals surface area contributed by atoms with Gasteiger partial charge in [-0.2, -0.15) is 0 Å². The van der Waals surface area contributed by atoms with Crippen LogP contribution in [0.25, 0.3) is 0 Å². The van der Waals surface area contributed by atoms with Crippen LogP contribution in [0.1, 0.15) is 46.5 Å². The molecule has 0 aromatic rings. The molecule has 0 bridgehead atoms. The van der Waals surface area contributed by atoms with E-state index in [0.29, 0.717) is 24.8 Å². The third-order valence-electron chi connectivity index (χ3n) is 4.13. The maximum atomic E-state index is 11.8. The van der Waals surface area contributed by atoms with Crippen LogP contribution in [0.3, 0.4) is 0 Å². The fourth-order valence-corrected chi connectivity index (χ4v) is 2.45. The maximum absolute atomic E-state index is 11.8. The molecule has 3 atom stereocenters. The van der Waals surface area contributed by atoms with Gasteiger partial charge in [-0.1, -0.05) is 27.2 Å². The van der Waals surface area contributed by atoms with Crippen molar-refractivity contribution >= 4 is 5.91 Å². The lowest BCUT2D eigenvalue weighted by Crippen LogP contribution is -2.41. The number of aliphatic hydroxyl groups excluding tert-OH is 1. The minimum absolute atomic E-state index is 0.0287. The molecule has 1 amide bonds. The zero-order chi connectivity index (χ0) is 13.8. The molecule has 1 rings (SSSR count). The van der Waals surface area contributed by atoms with Crippen molar-refractivity contribution in [1.29, 1.82) is 0 Å². The van der Waals surface area contributed by atoms with Gasteiger partial charge in [0.1, 0.15) is 0 Å². The van der Waals surface area contributed by atoms with Crippen LogP contribution >= 0.6 is 0 Å². The predicted molar refractivity (Wildman–Crippen MR) is 73.0 cm³/mol. The average molecular weight is 256 g/mol. The Morgan fingerprint density at radius 2 is 2.00 bits per heavy atom. The van der Waals surface area contributed by atoms with Crippen molar-refractivity contribution in [1.82, 2.24) is 5.32 Å². The van der Waals surface area contributed by atoms with E-state index in [-0.39, 0.29) is 24.0 Å². The van der Waals surface area contributed by atoms with Crippen LogP contribution in [-0.2, 0) is 4.79 Å². The fraction of sp³-hybridized carbons (Fsp3) is 0.929. The molecule has 3 unspecified atom stereocenters. The second-order valence-corrected chi connectivity index (χ2v) is 6.61. The normalized spacial score (nSPS) is 26.1. The van der Waals surface area contributed by atoms with E-state index in [4.69, 9.17) is 5.73 Å². The molecular formula is C14H28N2O2. The van der Waals surface area contributed by atoms with Gasteiger partial charge in [-0.3, -0.25) is 4.79 Å². The van der Waals surface area contributed by atoms with E-state index in [9.17, 15) is 9.90 Å². The van der Waals surface area contributed by atoms with Gasteiger partial charge in [-0.05, 0) is 30.1 Å². The van der Waals surface area contributed by atoms with E-state index in [1.54, 1.807) is 0 Å². The van der Waals surface area contributed by atoms with Crippen molar-refractivity contribution in [3.63, 3.8) is 0 Å². The molecule has 1 aliphatic carbocycles. The molecule has 4 N–H and O–H groups in total. The van der Waals surface area contributed by atoms with Gasteiger partial charge in [0.25, 0.3) is 0 Å². The first-order valence-electron chi connectivity index (χ1n) is 6.97. The fourth-order valence-electron chi connectivity index (χ4n) is 2.45. The van der Waals surface area contributed by atoms with E-state index in [1.807, 2.05) is 20.8 Å². The summed E-state index contributed by atoms with van der Waals surface area (Å²) in [6.07, 6.45) is 3.72. The van der Waals surface area contributed by atoms with Crippen LogP contribution in [0.4, 0.5) is 0 Å². The van der Waals surface area contributed by atoms with Gasteiger partial charge >= 0.3 is 0 Å². The third-order valence-corrected chi connectivity index (χ3v) is 4.13. The smallest absolute Gasteiger partial charge is 0.221 e. The molecule has 1 saturated carbocycles. The summed E-state index contributed by atoms with van der Waals surface area (Å²) in [7, 11) is 0. The Labute approximate surface area is 110 Å². The number of nitrogens with one attached hydrogen (secondary N) is 1. The number of aliphatic hydroxyl groups is 1. The van der Waals surface area contributed by atoms with Gasteiger partial charge in [0.2, 0.25) is 5.91 Å². The summed E-state index contributed by atoms with van der Waals surface area (Å²) in [5.41, 5.74) is 5.94. The lowest BCUT2D eigenvalue weighted by molar-refractivity contribution is -0.122. The summed E-state index contributed by atoms with van der Waals surface area (Å²) in [5.74, 6) is 0.826. The summed E-state index contributed by atoms with van der Waals surface area (Å²) in [5, 5.41) is 12.2. The zero-order valence-electron chi connectivity index (χ0n) is 11.9. The highest BCUT2D eigenvalue weighted by Gasteiger charge is 2.27. The first-order valence-corrected chi connectivity index (χ1v) is 6.97. The van der Waals surface area contributed by atoms with Crippen molar-refractivity contribution in [3.05, 3.63) is 0 Å². The molecule has 0 aliphatic heterocycles. The topological polar surface area (TPSA) is 75.4 Å². The molecule has 4 nitrogen and oxygen atoms in total. The molecule has 0 radical (unpaired) electrons. The third kappa shape index (κ3) is 4.58. The molecular weight excluding hydrogens is 228 g/mol. The van der Waals surface area contributed by atoms with Crippen molar-refractivity contribution < 1.29 is 9.90 Å². The molecule has 1 aliphatic rings. The van der Waals surface area contributed by atoms with E-state index in [0.717, 1.165) is 19.3 Å². The lowest BCUT2D eigenvalue weighted by Gasteiger charge is -2.27. The molecule has 0 heterocycles. The number of rotatable bonds is 5. The highest BCUT2D eigenvalue weighted by molar-refractivity contribution is 5.76. The van der Waals surface area contributed by atoms with Crippen molar-refractivity contribution in [2.24, 2.45) is 23.0 Å². The van der Waals surface area contributed by atoms with E-state index < -0.39 is 0 Å². The maximum Gasteiger partial charge on any atom is 0.221 e. The quantitative estimate of drug-likeness (QED) is 0.693. The molecule has 106 valence electrons. The van der Waals surface area contributed by atoms with Crippen LogP contribution < -0.4 is 11.1 Å². The van der Waals surface area contributed by atoms with Crippen molar-refractivity contribution in [3.8, 4) is 0 Å². The highest BCUT2D eigenvalue weighted by Crippen LogP contribution is 2.30. The standard InChI is InChI=1S/C14H28N2O2/c1-14(2,3)12(15)7-13(18)16-8-10-5-4-6-11(10)9-17/h10-12,17H,4-9,15H2,1-3H3,(H,16,18). The van der Waals surface area contributed by atoms with Gasteiger partial charge in [-0.15, -0.1) is 0 Å². The van der Waals surface area contributed by atoms with Crippen molar-refractivity contribution in [2.45, 2.75) is 52.5 Å². The van der Waals surface area contributed by atoms with Crippen LogP contribution in [0.5, 0.6) is 0 Å². The minimum atomic E-state index is -0.116. The Balaban J connectivity index is 2.29.